The molecule has 1 aliphatic heterocycles. The summed E-state index contributed by atoms with van der Waals surface area (Å²) >= 11 is 0. The van der Waals surface area contributed by atoms with Gasteiger partial charge in [-0.3, -0.25) is 14.5 Å². The van der Waals surface area contributed by atoms with E-state index in [9.17, 15) is 19.5 Å². The molecule has 1 aliphatic carbocycles. The molecule has 2 N–H and O–H groups in total. The molecule has 2 rings (SSSR count). The number of carboxylic acid groups (broad SMARTS) is 1. The van der Waals surface area contributed by atoms with E-state index in [1.807, 2.05) is 13.8 Å². The van der Waals surface area contributed by atoms with Crippen LogP contribution in [0.15, 0.2) is 11.6 Å². The van der Waals surface area contributed by atoms with Crippen molar-refractivity contribution in [2.75, 3.05) is 13.6 Å². The number of likely N-dealkylation sites (tertiary alicyclic amines) is 1. The van der Waals surface area contributed by atoms with Gasteiger partial charge in [0.2, 0.25) is 11.8 Å². The standard InChI is InChI=1S/C25H43N3O4/c1-16(2)21(15-18(5)25(31)32)27(6)24(30)22(19-11-7-8-12-19)26-23(29)20-13-9-10-14-28(20)17(3)4/h15-17,19-22H,7-14H2,1-6H3,(H,26,29)(H,31,32)/b18-15+/t20-,21-,22+/m1/s1. The molecule has 3 atom stereocenters. The van der Waals surface area contributed by atoms with Gasteiger partial charge in [0.05, 0.1) is 12.1 Å². The molecule has 2 aliphatic rings. The number of carbonyl (C=O) groups excluding carboxylic acids is 2. The van der Waals surface area contributed by atoms with E-state index in [4.69, 9.17) is 0 Å². The van der Waals surface area contributed by atoms with Crippen LogP contribution in [0.5, 0.6) is 0 Å². The second-order valence-corrected chi connectivity index (χ2v) is 10.2. The quantitative estimate of drug-likeness (QED) is 0.526. The van der Waals surface area contributed by atoms with Crippen molar-refractivity contribution in [3.8, 4) is 0 Å². The number of carboxylic acids is 1. The van der Waals surface area contributed by atoms with Crippen molar-refractivity contribution in [2.45, 2.75) is 104 Å². The summed E-state index contributed by atoms with van der Waals surface area (Å²) in [6.45, 7) is 10.6. The third-order valence-corrected chi connectivity index (χ3v) is 7.18. The minimum absolute atomic E-state index is 0.0459. The van der Waals surface area contributed by atoms with Crippen molar-refractivity contribution in [1.82, 2.24) is 15.1 Å². The Hall–Kier alpha value is -1.89. The van der Waals surface area contributed by atoms with E-state index < -0.39 is 12.0 Å². The normalized spacial score (nSPS) is 22.8. The van der Waals surface area contributed by atoms with Crippen LogP contribution in [0.1, 0.15) is 79.6 Å². The number of nitrogens with one attached hydrogen (secondary N) is 1. The molecular formula is C25H43N3O4. The Balaban J connectivity index is 2.25. The molecule has 0 aromatic rings. The summed E-state index contributed by atoms with van der Waals surface area (Å²) in [7, 11) is 1.73. The van der Waals surface area contributed by atoms with Gasteiger partial charge in [-0.25, -0.2) is 4.79 Å². The van der Waals surface area contributed by atoms with Gasteiger partial charge < -0.3 is 15.3 Å². The average molecular weight is 450 g/mol. The number of nitrogens with zero attached hydrogens (tertiary/aromatic N) is 2. The highest BCUT2D eigenvalue weighted by atomic mass is 16.4. The molecule has 0 aromatic carbocycles. The Morgan fingerprint density at radius 3 is 2.16 bits per heavy atom. The van der Waals surface area contributed by atoms with Crippen LogP contribution >= 0.6 is 0 Å². The predicted molar refractivity (Wildman–Crippen MR) is 126 cm³/mol. The van der Waals surface area contributed by atoms with E-state index in [0.717, 1.165) is 51.5 Å². The Bertz CT molecular complexity index is 697. The first kappa shape index (κ1) is 26.4. The maximum atomic E-state index is 13.7. The fourth-order valence-electron chi connectivity index (χ4n) is 5.22. The Kier molecular flexibility index (Phi) is 9.74. The number of carbonyl (C=O) groups is 3. The first-order valence-corrected chi connectivity index (χ1v) is 12.3. The highest BCUT2D eigenvalue weighted by Crippen LogP contribution is 2.30. The molecule has 32 heavy (non-hydrogen) atoms. The molecule has 7 heteroatoms. The Morgan fingerprint density at radius 1 is 1.03 bits per heavy atom. The van der Waals surface area contributed by atoms with Gasteiger partial charge in [0.1, 0.15) is 6.04 Å². The third-order valence-electron chi connectivity index (χ3n) is 7.18. The van der Waals surface area contributed by atoms with Crippen molar-refractivity contribution < 1.29 is 19.5 Å². The van der Waals surface area contributed by atoms with Crippen molar-refractivity contribution in [2.24, 2.45) is 11.8 Å². The van der Waals surface area contributed by atoms with Crippen molar-refractivity contribution in [1.29, 1.82) is 0 Å². The molecule has 0 unspecified atom stereocenters. The number of rotatable bonds is 9. The summed E-state index contributed by atoms with van der Waals surface area (Å²) in [6.07, 6.45) is 8.60. The minimum Gasteiger partial charge on any atom is -0.478 e. The molecule has 1 saturated carbocycles. The highest BCUT2D eigenvalue weighted by molar-refractivity contribution is 5.90. The summed E-state index contributed by atoms with van der Waals surface area (Å²) in [6, 6.07) is -0.823. The fraction of sp³-hybridized carbons (Fsp3) is 0.800. The lowest BCUT2D eigenvalue weighted by atomic mass is 9.93. The molecule has 0 bridgehead atoms. The zero-order valence-corrected chi connectivity index (χ0v) is 20.8. The van der Waals surface area contributed by atoms with Crippen LogP contribution in [0.25, 0.3) is 0 Å². The van der Waals surface area contributed by atoms with Crippen LogP contribution in [-0.4, -0.2) is 70.4 Å². The van der Waals surface area contributed by atoms with E-state index >= 15 is 0 Å². The molecule has 0 spiro atoms. The molecule has 182 valence electrons. The Labute approximate surface area is 193 Å². The van der Waals surface area contributed by atoms with E-state index in [0.29, 0.717) is 0 Å². The average Bonchev–Trinajstić information content (AvgIpc) is 3.28. The van der Waals surface area contributed by atoms with Gasteiger partial charge in [-0.2, -0.15) is 0 Å². The molecule has 1 saturated heterocycles. The summed E-state index contributed by atoms with van der Waals surface area (Å²) in [5.74, 6) is -0.973. The van der Waals surface area contributed by atoms with Gasteiger partial charge in [-0.15, -0.1) is 0 Å². The van der Waals surface area contributed by atoms with Crippen molar-refractivity contribution in [3.05, 3.63) is 11.6 Å². The van der Waals surface area contributed by atoms with Crippen molar-refractivity contribution >= 4 is 17.8 Å². The lowest BCUT2D eigenvalue weighted by Gasteiger charge is -2.39. The SMILES string of the molecule is C/C(=C\[C@H](C(C)C)N(C)C(=O)[C@@H](NC(=O)[C@H]1CCCCN1C(C)C)C1CCCC1)C(=O)O. The number of likely N-dealkylation sites (N-methyl/N-ethyl adjacent to an activating group) is 1. The summed E-state index contributed by atoms with van der Waals surface area (Å²) in [4.78, 5) is 42.3. The van der Waals surface area contributed by atoms with E-state index in [1.54, 1.807) is 24.9 Å². The maximum Gasteiger partial charge on any atom is 0.331 e. The molecule has 2 fully saturated rings. The largest absolute Gasteiger partial charge is 0.478 e. The predicted octanol–water partition coefficient (Wildman–Crippen LogP) is 3.44. The van der Waals surface area contributed by atoms with Crippen LogP contribution in [0.3, 0.4) is 0 Å². The van der Waals surface area contributed by atoms with E-state index in [-0.39, 0.29) is 47.3 Å². The topological polar surface area (TPSA) is 90.0 Å². The Morgan fingerprint density at radius 2 is 1.62 bits per heavy atom. The van der Waals surface area contributed by atoms with Gasteiger partial charge in [0.25, 0.3) is 0 Å². The number of aliphatic carboxylic acids is 1. The maximum absolute atomic E-state index is 13.7. The van der Waals surface area contributed by atoms with Gasteiger partial charge in [0, 0.05) is 18.7 Å². The van der Waals surface area contributed by atoms with Gasteiger partial charge >= 0.3 is 5.97 Å². The van der Waals surface area contributed by atoms with Crippen LogP contribution in [0.2, 0.25) is 0 Å². The van der Waals surface area contributed by atoms with Gasteiger partial charge in [-0.05, 0) is 64.8 Å². The zero-order chi connectivity index (χ0) is 24.0. The van der Waals surface area contributed by atoms with Gasteiger partial charge in [-0.1, -0.05) is 39.2 Å². The second kappa shape index (κ2) is 11.8. The molecule has 0 aromatic heterocycles. The lowest BCUT2D eigenvalue weighted by Crippen LogP contribution is -2.59. The van der Waals surface area contributed by atoms with E-state index in [2.05, 4.69) is 24.1 Å². The minimum atomic E-state index is -0.983. The summed E-state index contributed by atoms with van der Waals surface area (Å²) in [5.41, 5.74) is 0.222. The molecule has 2 amide bonds. The van der Waals surface area contributed by atoms with E-state index in [1.165, 1.54) is 0 Å². The van der Waals surface area contributed by atoms with Gasteiger partial charge in [0.15, 0.2) is 0 Å². The first-order chi connectivity index (χ1) is 15.0. The van der Waals surface area contributed by atoms with Crippen molar-refractivity contribution in [3.63, 3.8) is 0 Å². The zero-order valence-electron chi connectivity index (χ0n) is 20.8. The second-order valence-electron chi connectivity index (χ2n) is 10.2. The third kappa shape index (κ3) is 6.56. The molecule has 7 nitrogen and oxygen atoms in total. The number of hydrogen-bond donors (Lipinski definition) is 2. The first-order valence-electron chi connectivity index (χ1n) is 12.3. The molecular weight excluding hydrogens is 406 g/mol. The number of hydrogen-bond acceptors (Lipinski definition) is 4. The lowest BCUT2D eigenvalue weighted by molar-refractivity contribution is -0.140. The van der Waals surface area contributed by atoms with Crippen LogP contribution in [0.4, 0.5) is 0 Å². The highest BCUT2D eigenvalue weighted by Gasteiger charge is 2.39. The smallest absolute Gasteiger partial charge is 0.331 e. The summed E-state index contributed by atoms with van der Waals surface area (Å²) < 4.78 is 0. The molecule has 0 radical (unpaired) electrons. The number of piperidine rings is 1. The monoisotopic (exact) mass is 449 g/mol. The number of amides is 2. The molecule has 1 heterocycles. The van der Waals surface area contributed by atoms with Crippen LogP contribution in [-0.2, 0) is 14.4 Å². The fourth-order valence-corrected chi connectivity index (χ4v) is 5.22. The van der Waals surface area contributed by atoms with Crippen LogP contribution < -0.4 is 5.32 Å². The van der Waals surface area contributed by atoms with Crippen LogP contribution in [0, 0.1) is 11.8 Å². The summed E-state index contributed by atoms with van der Waals surface area (Å²) in [5, 5.41) is 12.5.